The first-order valence-electron chi connectivity index (χ1n) is 8.61. The Morgan fingerprint density at radius 1 is 1.24 bits per heavy atom. The smallest absolute Gasteiger partial charge is 0.273 e. The molecule has 0 aliphatic rings. The van der Waals surface area contributed by atoms with Gasteiger partial charge in [0, 0.05) is 31.1 Å². The molecule has 0 aliphatic heterocycles. The number of hydrogen-bond acceptors (Lipinski definition) is 6. The summed E-state index contributed by atoms with van der Waals surface area (Å²) in [7, 11) is -0.823. The SMILES string of the molecule is COc1cccc(C(NS(=O)(=O)c2ccc(C)c([N+](=O)[O-])c2)c2nccn2C)c1. The molecular weight excluding hydrogens is 396 g/mol. The van der Waals surface area contributed by atoms with Crippen LogP contribution in [0, 0.1) is 17.0 Å². The number of benzene rings is 2. The van der Waals surface area contributed by atoms with Crippen molar-refractivity contribution in [3.8, 4) is 5.75 Å². The van der Waals surface area contributed by atoms with E-state index in [2.05, 4.69) is 9.71 Å². The summed E-state index contributed by atoms with van der Waals surface area (Å²) in [6, 6.07) is 9.93. The Kier molecular flexibility index (Phi) is 5.66. The van der Waals surface area contributed by atoms with Crippen LogP contribution in [0.4, 0.5) is 5.69 Å². The second-order valence-corrected chi connectivity index (χ2v) is 8.15. The number of sulfonamides is 1. The van der Waals surface area contributed by atoms with Crippen molar-refractivity contribution in [1.82, 2.24) is 14.3 Å². The van der Waals surface area contributed by atoms with Crippen molar-refractivity contribution in [1.29, 1.82) is 0 Å². The fourth-order valence-corrected chi connectivity index (χ4v) is 4.12. The predicted molar refractivity (Wildman–Crippen MR) is 106 cm³/mol. The first-order valence-corrected chi connectivity index (χ1v) is 10.1. The molecule has 2 aromatic carbocycles. The molecule has 0 amide bonds. The molecule has 10 heteroatoms. The highest BCUT2D eigenvalue weighted by atomic mass is 32.2. The van der Waals surface area contributed by atoms with Crippen molar-refractivity contribution in [2.24, 2.45) is 7.05 Å². The average Bonchev–Trinajstić information content (AvgIpc) is 3.11. The molecule has 1 aromatic heterocycles. The number of nitro benzene ring substituents is 1. The van der Waals surface area contributed by atoms with E-state index in [1.807, 2.05) is 0 Å². The molecular formula is C19H20N4O5S. The number of nitrogens with zero attached hydrogens (tertiary/aromatic N) is 3. The summed E-state index contributed by atoms with van der Waals surface area (Å²) in [5, 5.41) is 11.2. The van der Waals surface area contributed by atoms with Crippen LogP contribution < -0.4 is 9.46 Å². The third-order valence-corrected chi connectivity index (χ3v) is 5.92. The minimum Gasteiger partial charge on any atom is -0.497 e. The maximum atomic E-state index is 13.1. The zero-order chi connectivity index (χ0) is 21.2. The Bertz CT molecular complexity index is 1160. The molecule has 0 bridgehead atoms. The Labute approximate surface area is 168 Å². The number of methoxy groups -OCH3 is 1. The molecule has 0 fully saturated rings. The fourth-order valence-electron chi connectivity index (χ4n) is 2.92. The van der Waals surface area contributed by atoms with E-state index in [-0.39, 0.29) is 10.6 Å². The van der Waals surface area contributed by atoms with E-state index in [0.29, 0.717) is 22.7 Å². The maximum Gasteiger partial charge on any atom is 0.273 e. The van der Waals surface area contributed by atoms with E-state index in [9.17, 15) is 18.5 Å². The number of ether oxygens (including phenoxy) is 1. The molecule has 0 radical (unpaired) electrons. The molecule has 152 valence electrons. The first-order chi connectivity index (χ1) is 13.7. The summed E-state index contributed by atoms with van der Waals surface area (Å²) in [6.45, 7) is 1.55. The number of aromatic nitrogens is 2. The Morgan fingerprint density at radius 3 is 2.62 bits per heavy atom. The summed E-state index contributed by atoms with van der Waals surface area (Å²) in [5.41, 5.74) is 0.731. The molecule has 1 unspecified atom stereocenters. The number of nitrogens with one attached hydrogen (secondary N) is 1. The quantitative estimate of drug-likeness (QED) is 0.468. The van der Waals surface area contributed by atoms with Crippen LogP contribution in [0.25, 0.3) is 0 Å². The van der Waals surface area contributed by atoms with Crippen LogP contribution in [0.15, 0.2) is 59.8 Å². The minimum atomic E-state index is -4.09. The Morgan fingerprint density at radius 2 is 2.00 bits per heavy atom. The topological polar surface area (TPSA) is 116 Å². The number of hydrogen-bond donors (Lipinski definition) is 1. The zero-order valence-corrected chi connectivity index (χ0v) is 16.9. The van der Waals surface area contributed by atoms with Crippen LogP contribution in [0.5, 0.6) is 5.75 Å². The van der Waals surface area contributed by atoms with Gasteiger partial charge in [0.1, 0.15) is 17.6 Å². The Hall–Kier alpha value is -3.24. The van der Waals surface area contributed by atoms with Crippen molar-refractivity contribution in [2.45, 2.75) is 17.9 Å². The molecule has 3 rings (SSSR count). The van der Waals surface area contributed by atoms with Crippen molar-refractivity contribution >= 4 is 15.7 Å². The lowest BCUT2D eigenvalue weighted by Gasteiger charge is -2.20. The van der Waals surface area contributed by atoms with Gasteiger partial charge >= 0.3 is 0 Å². The molecule has 0 spiro atoms. The monoisotopic (exact) mass is 416 g/mol. The van der Waals surface area contributed by atoms with Crippen molar-refractivity contribution in [3.05, 3.63) is 81.9 Å². The molecule has 9 nitrogen and oxygen atoms in total. The van der Waals surface area contributed by atoms with Crippen LogP contribution in [0.3, 0.4) is 0 Å². The lowest BCUT2D eigenvalue weighted by molar-refractivity contribution is -0.385. The molecule has 0 saturated heterocycles. The molecule has 1 atom stereocenters. The van der Waals surface area contributed by atoms with Gasteiger partial charge in [0.2, 0.25) is 10.0 Å². The van der Waals surface area contributed by atoms with Crippen molar-refractivity contribution < 1.29 is 18.1 Å². The van der Waals surface area contributed by atoms with Crippen LogP contribution in [-0.4, -0.2) is 30.0 Å². The largest absolute Gasteiger partial charge is 0.497 e. The summed E-state index contributed by atoms with van der Waals surface area (Å²) < 4.78 is 35.7. The number of imidazole rings is 1. The molecule has 0 saturated carbocycles. The van der Waals surface area contributed by atoms with Gasteiger partial charge in [0.25, 0.3) is 5.69 Å². The van der Waals surface area contributed by atoms with E-state index in [0.717, 1.165) is 6.07 Å². The third-order valence-electron chi connectivity index (χ3n) is 4.50. The van der Waals surface area contributed by atoms with Crippen molar-refractivity contribution in [3.63, 3.8) is 0 Å². The molecule has 0 aliphatic carbocycles. The van der Waals surface area contributed by atoms with Crippen LogP contribution in [0.1, 0.15) is 23.0 Å². The van der Waals surface area contributed by atoms with Crippen LogP contribution in [-0.2, 0) is 17.1 Å². The summed E-state index contributed by atoms with van der Waals surface area (Å²) in [4.78, 5) is 14.7. The second-order valence-electron chi connectivity index (χ2n) is 6.43. The number of nitro groups is 1. The lowest BCUT2D eigenvalue weighted by Crippen LogP contribution is -2.31. The third kappa shape index (κ3) is 4.28. The van der Waals surface area contributed by atoms with Gasteiger partial charge in [-0.25, -0.2) is 13.4 Å². The van der Waals surface area contributed by atoms with E-state index in [1.165, 1.54) is 19.2 Å². The zero-order valence-electron chi connectivity index (χ0n) is 16.1. The summed E-state index contributed by atoms with van der Waals surface area (Å²) in [6.07, 6.45) is 3.26. The average molecular weight is 416 g/mol. The normalized spacial score (nSPS) is 12.5. The summed E-state index contributed by atoms with van der Waals surface area (Å²) in [5.74, 6) is 1.02. The molecule has 1 heterocycles. The summed E-state index contributed by atoms with van der Waals surface area (Å²) >= 11 is 0. The van der Waals surface area contributed by atoms with E-state index in [4.69, 9.17) is 4.74 Å². The highest BCUT2D eigenvalue weighted by molar-refractivity contribution is 7.89. The first kappa shape index (κ1) is 20.5. The van der Waals surface area contributed by atoms with Crippen molar-refractivity contribution in [2.75, 3.05) is 7.11 Å². The van der Waals surface area contributed by atoms with Crippen LogP contribution in [0.2, 0.25) is 0 Å². The molecule has 29 heavy (non-hydrogen) atoms. The molecule has 3 aromatic rings. The fraction of sp³-hybridized carbons (Fsp3) is 0.211. The van der Waals surface area contributed by atoms with Gasteiger partial charge in [-0.1, -0.05) is 18.2 Å². The minimum absolute atomic E-state index is 0.197. The highest BCUT2D eigenvalue weighted by Crippen LogP contribution is 2.28. The number of rotatable bonds is 7. The van der Waals surface area contributed by atoms with Crippen LogP contribution >= 0.6 is 0 Å². The standard InChI is InChI=1S/C19H20N4O5S/c1-13-7-8-16(12-17(13)23(24)25)29(26,27)21-18(19-20-9-10-22(19)2)14-5-4-6-15(11-14)28-3/h4-12,18,21H,1-3H3. The highest BCUT2D eigenvalue weighted by Gasteiger charge is 2.27. The van der Waals surface area contributed by atoms with E-state index < -0.39 is 21.0 Å². The lowest BCUT2D eigenvalue weighted by atomic mass is 10.1. The van der Waals surface area contributed by atoms with E-state index in [1.54, 1.807) is 55.2 Å². The van der Waals surface area contributed by atoms with E-state index >= 15 is 0 Å². The molecule has 1 N–H and O–H groups in total. The Balaban J connectivity index is 2.07. The van der Waals surface area contributed by atoms with Gasteiger partial charge in [-0.2, -0.15) is 4.72 Å². The van der Waals surface area contributed by atoms with Gasteiger partial charge in [-0.15, -0.1) is 0 Å². The van der Waals surface area contributed by atoms with Gasteiger partial charge in [0.05, 0.1) is 16.9 Å². The van der Waals surface area contributed by atoms with Gasteiger partial charge in [0.15, 0.2) is 0 Å². The maximum absolute atomic E-state index is 13.1. The van der Waals surface area contributed by atoms with Gasteiger partial charge in [-0.3, -0.25) is 10.1 Å². The van der Waals surface area contributed by atoms with Gasteiger partial charge in [-0.05, 0) is 30.7 Å². The number of aryl methyl sites for hydroxylation is 2. The second kappa shape index (κ2) is 8.02. The van der Waals surface area contributed by atoms with Gasteiger partial charge < -0.3 is 9.30 Å². The predicted octanol–water partition coefficient (Wildman–Crippen LogP) is 2.71.